The number of aromatic nitrogens is 3. The summed E-state index contributed by atoms with van der Waals surface area (Å²) >= 11 is 0. The van der Waals surface area contributed by atoms with Crippen molar-refractivity contribution in [3.05, 3.63) is 41.3 Å². The van der Waals surface area contributed by atoms with E-state index < -0.39 is 11.7 Å². The maximum Gasteiger partial charge on any atom is 0.417 e. The molecular formula is C17H20F3N5O. The van der Waals surface area contributed by atoms with Crippen LogP contribution in [-0.2, 0) is 6.18 Å². The molecule has 0 unspecified atom stereocenters. The van der Waals surface area contributed by atoms with Gasteiger partial charge in [-0.1, -0.05) is 13.8 Å². The van der Waals surface area contributed by atoms with E-state index in [-0.39, 0.29) is 17.6 Å². The van der Waals surface area contributed by atoms with Gasteiger partial charge in [0, 0.05) is 31.7 Å². The van der Waals surface area contributed by atoms with Crippen LogP contribution in [0.2, 0.25) is 0 Å². The third-order valence-corrected chi connectivity index (χ3v) is 4.31. The Morgan fingerprint density at radius 2 is 2.08 bits per heavy atom. The van der Waals surface area contributed by atoms with Crippen LogP contribution in [0.3, 0.4) is 0 Å². The molecule has 3 heterocycles. The first-order valence-corrected chi connectivity index (χ1v) is 8.38. The Hall–Kier alpha value is -2.42. The lowest BCUT2D eigenvalue weighted by Crippen LogP contribution is -2.48. The summed E-state index contributed by atoms with van der Waals surface area (Å²) in [4.78, 5) is 16.4. The summed E-state index contributed by atoms with van der Waals surface area (Å²) < 4.78 is 39.5. The highest BCUT2D eigenvalue weighted by Crippen LogP contribution is 2.29. The molecule has 0 saturated carbocycles. The van der Waals surface area contributed by atoms with E-state index in [9.17, 15) is 18.0 Å². The van der Waals surface area contributed by atoms with Gasteiger partial charge in [0.25, 0.3) is 5.91 Å². The number of hydrogen-bond donors (Lipinski definition) is 2. The highest BCUT2D eigenvalue weighted by Gasteiger charge is 2.31. The molecule has 0 aromatic carbocycles. The maximum absolute atomic E-state index is 12.7. The molecule has 0 spiro atoms. The van der Waals surface area contributed by atoms with Gasteiger partial charge in [0.2, 0.25) is 0 Å². The maximum atomic E-state index is 12.7. The third-order valence-electron chi connectivity index (χ3n) is 4.31. The fourth-order valence-corrected chi connectivity index (χ4v) is 2.78. The molecule has 9 heteroatoms. The lowest BCUT2D eigenvalue weighted by atomic mass is 10.0. The number of alkyl halides is 3. The van der Waals surface area contributed by atoms with E-state index in [0.29, 0.717) is 23.7 Å². The van der Waals surface area contributed by atoms with Crippen molar-refractivity contribution < 1.29 is 18.0 Å². The Balaban J connectivity index is 1.85. The SMILES string of the molecule is CC(C)c1c(C(=O)NCC2CNC2)cnn1-c1ccc(C(F)(F)F)cn1. The average molecular weight is 367 g/mol. The number of rotatable bonds is 5. The lowest BCUT2D eigenvalue weighted by molar-refractivity contribution is -0.137. The van der Waals surface area contributed by atoms with Crippen LogP contribution in [0.4, 0.5) is 13.2 Å². The molecule has 140 valence electrons. The van der Waals surface area contributed by atoms with Crippen LogP contribution < -0.4 is 10.6 Å². The summed E-state index contributed by atoms with van der Waals surface area (Å²) in [7, 11) is 0. The van der Waals surface area contributed by atoms with Crippen molar-refractivity contribution in [1.29, 1.82) is 0 Å². The van der Waals surface area contributed by atoms with Gasteiger partial charge >= 0.3 is 6.18 Å². The molecule has 0 aliphatic carbocycles. The summed E-state index contributed by atoms with van der Waals surface area (Å²) in [5.74, 6) is 0.364. The Bertz CT molecular complexity index is 779. The van der Waals surface area contributed by atoms with Gasteiger partial charge < -0.3 is 10.6 Å². The summed E-state index contributed by atoms with van der Waals surface area (Å²) in [6.45, 7) is 6.12. The summed E-state index contributed by atoms with van der Waals surface area (Å²) in [6.07, 6.45) is -2.24. The Kier molecular flexibility index (Phi) is 4.99. The minimum atomic E-state index is -4.45. The number of pyridine rings is 1. The van der Waals surface area contributed by atoms with E-state index in [0.717, 1.165) is 25.4 Å². The van der Waals surface area contributed by atoms with Crippen molar-refractivity contribution in [3.8, 4) is 5.82 Å². The minimum Gasteiger partial charge on any atom is -0.352 e. The molecule has 2 aromatic rings. The van der Waals surface area contributed by atoms with Crippen LogP contribution in [0.15, 0.2) is 24.5 Å². The van der Waals surface area contributed by atoms with Gasteiger partial charge in [0.15, 0.2) is 5.82 Å². The van der Waals surface area contributed by atoms with E-state index >= 15 is 0 Å². The molecular weight excluding hydrogens is 347 g/mol. The summed E-state index contributed by atoms with van der Waals surface area (Å²) in [5.41, 5.74) is 0.196. The number of halogens is 3. The molecule has 2 aromatic heterocycles. The van der Waals surface area contributed by atoms with Crippen LogP contribution in [-0.4, -0.2) is 40.3 Å². The molecule has 0 bridgehead atoms. The first-order valence-electron chi connectivity index (χ1n) is 8.38. The Morgan fingerprint density at radius 1 is 1.35 bits per heavy atom. The van der Waals surface area contributed by atoms with Crippen LogP contribution >= 0.6 is 0 Å². The van der Waals surface area contributed by atoms with Crippen molar-refractivity contribution in [3.63, 3.8) is 0 Å². The molecule has 1 fully saturated rings. The molecule has 1 aliphatic heterocycles. The van der Waals surface area contributed by atoms with Crippen LogP contribution in [0.1, 0.15) is 41.4 Å². The molecule has 6 nitrogen and oxygen atoms in total. The van der Waals surface area contributed by atoms with Gasteiger partial charge in [-0.2, -0.15) is 18.3 Å². The van der Waals surface area contributed by atoms with Gasteiger partial charge in [-0.3, -0.25) is 4.79 Å². The zero-order valence-electron chi connectivity index (χ0n) is 14.5. The first kappa shape index (κ1) is 18.4. The zero-order valence-corrected chi connectivity index (χ0v) is 14.5. The lowest BCUT2D eigenvalue weighted by Gasteiger charge is -2.27. The smallest absolute Gasteiger partial charge is 0.352 e. The second-order valence-electron chi connectivity index (χ2n) is 6.65. The van der Waals surface area contributed by atoms with Crippen LogP contribution in [0.5, 0.6) is 0 Å². The molecule has 1 saturated heterocycles. The second kappa shape index (κ2) is 7.06. The molecule has 26 heavy (non-hydrogen) atoms. The van der Waals surface area contributed by atoms with Gasteiger partial charge in [-0.15, -0.1) is 0 Å². The molecule has 3 rings (SSSR count). The largest absolute Gasteiger partial charge is 0.417 e. The predicted octanol–water partition coefficient (Wildman–Crippen LogP) is 2.36. The molecule has 1 amide bonds. The van der Waals surface area contributed by atoms with E-state index in [4.69, 9.17) is 0 Å². The van der Waals surface area contributed by atoms with Crippen molar-refractivity contribution in [2.24, 2.45) is 5.92 Å². The second-order valence-corrected chi connectivity index (χ2v) is 6.65. The van der Waals surface area contributed by atoms with E-state index in [1.807, 2.05) is 13.8 Å². The topological polar surface area (TPSA) is 71.8 Å². The molecule has 0 radical (unpaired) electrons. The van der Waals surface area contributed by atoms with E-state index in [2.05, 4.69) is 20.7 Å². The number of amides is 1. The minimum absolute atomic E-state index is 0.0623. The van der Waals surface area contributed by atoms with Crippen LogP contribution in [0, 0.1) is 5.92 Å². The zero-order chi connectivity index (χ0) is 18.9. The predicted molar refractivity (Wildman–Crippen MR) is 89.1 cm³/mol. The van der Waals surface area contributed by atoms with Gasteiger partial charge in [0.05, 0.1) is 23.0 Å². The highest BCUT2D eigenvalue weighted by molar-refractivity contribution is 5.95. The van der Waals surface area contributed by atoms with E-state index in [1.165, 1.54) is 16.9 Å². The molecule has 2 N–H and O–H groups in total. The number of carbonyl (C=O) groups excluding carboxylic acids is 1. The molecule has 1 aliphatic rings. The average Bonchev–Trinajstić information content (AvgIpc) is 2.97. The molecule has 0 atom stereocenters. The van der Waals surface area contributed by atoms with Crippen molar-refractivity contribution in [2.45, 2.75) is 25.9 Å². The van der Waals surface area contributed by atoms with Gasteiger partial charge in [-0.25, -0.2) is 9.67 Å². The van der Waals surface area contributed by atoms with Gasteiger partial charge in [-0.05, 0) is 18.1 Å². The third kappa shape index (κ3) is 3.72. The van der Waals surface area contributed by atoms with E-state index in [1.54, 1.807) is 0 Å². The number of hydrogen-bond acceptors (Lipinski definition) is 4. The van der Waals surface area contributed by atoms with Crippen molar-refractivity contribution in [1.82, 2.24) is 25.4 Å². The van der Waals surface area contributed by atoms with Crippen molar-refractivity contribution >= 4 is 5.91 Å². The standard InChI is InChI=1S/C17H20F3N5O/c1-10(2)15-13(16(26)23-7-11-5-21-6-11)9-24-25(15)14-4-3-12(8-22-14)17(18,19)20/h3-4,8-11,21H,5-7H2,1-2H3,(H,23,26). The highest BCUT2D eigenvalue weighted by atomic mass is 19.4. The fourth-order valence-electron chi connectivity index (χ4n) is 2.78. The fraction of sp³-hybridized carbons (Fsp3) is 0.471. The Labute approximate surface area is 148 Å². The monoisotopic (exact) mass is 367 g/mol. The summed E-state index contributed by atoms with van der Waals surface area (Å²) in [6, 6.07) is 2.21. The number of nitrogens with one attached hydrogen (secondary N) is 2. The summed E-state index contributed by atoms with van der Waals surface area (Å²) in [5, 5.41) is 10.2. The quantitative estimate of drug-likeness (QED) is 0.851. The normalized spacial score (nSPS) is 15.2. The van der Waals surface area contributed by atoms with Gasteiger partial charge in [0.1, 0.15) is 0 Å². The number of nitrogens with zero attached hydrogens (tertiary/aromatic N) is 3. The van der Waals surface area contributed by atoms with Crippen molar-refractivity contribution in [2.75, 3.05) is 19.6 Å². The van der Waals surface area contributed by atoms with Crippen LogP contribution in [0.25, 0.3) is 5.82 Å². The number of carbonyl (C=O) groups is 1. The Morgan fingerprint density at radius 3 is 2.58 bits per heavy atom. The first-order chi connectivity index (χ1) is 12.3.